The molecule has 0 spiro atoms. The topological polar surface area (TPSA) is 22.0 Å². The molecule has 0 saturated heterocycles. The third-order valence-corrected chi connectivity index (χ3v) is 4.40. The van der Waals surface area contributed by atoms with Crippen LogP contribution in [0.25, 0.3) is 21.8 Å². The molecule has 2 nitrogen and oxygen atoms in total. The van der Waals surface area contributed by atoms with Gasteiger partial charge in [0, 0.05) is 17.2 Å². The van der Waals surface area contributed by atoms with E-state index in [4.69, 9.17) is 0 Å². The number of benzene rings is 2. The summed E-state index contributed by atoms with van der Waals surface area (Å²) in [5, 5.41) is 2.25. The van der Waals surface area contributed by atoms with Gasteiger partial charge in [0.2, 0.25) is 5.91 Å². The lowest BCUT2D eigenvalue weighted by atomic mass is 10.1. The van der Waals surface area contributed by atoms with Crippen LogP contribution < -0.4 is 0 Å². The normalized spacial score (nSPS) is 13.3. The molecule has 3 aromatic rings. The van der Waals surface area contributed by atoms with E-state index in [1.54, 1.807) is 0 Å². The van der Waals surface area contributed by atoms with E-state index in [2.05, 4.69) is 24.3 Å². The monoisotopic (exact) mass is 299 g/mol. The van der Waals surface area contributed by atoms with Gasteiger partial charge in [-0.2, -0.15) is 0 Å². The van der Waals surface area contributed by atoms with E-state index in [0.717, 1.165) is 33.0 Å². The average Bonchev–Trinajstić information content (AvgIpc) is 3.21. The van der Waals surface area contributed by atoms with E-state index in [0.29, 0.717) is 6.42 Å². The Morgan fingerprint density at radius 3 is 1.96 bits per heavy atom. The Kier molecular flexibility index (Phi) is 3.23. The van der Waals surface area contributed by atoms with Crippen LogP contribution in [0.15, 0.2) is 84.0 Å². The number of hydrogen-bond acceptors (Lipinski definition) is 1. The van der Waals surface area contributed by atoms with Gasteiger partial charge < -0.3 is 0 Å². The van der Waals surface area contributed by atoms with Crippen LogP contribution in [-0.4, -0.2) is 10.5 Å². The summed E-state index contributed by atoms with van der Waals surface area (Å²) >= 11 is 0. The van der Waals surface area contributed by atoms with Crippen molar-refractivity contribution in [1.29, 1.82) is 0 Å². The van der Waals surface area contributed by atoms with Crippen molar-refractivity contribution in [1.82, 2.24) is 4.57 Å². The Balaban J connectivity index is 1.87. The zero-order chi connectivity index (χ0) is 15.8. The maximum Gasteiger partial charge on any atom is 0.235 e. The minimum absolute atomic E-state index is 0.112. The first-order chi connectivity index (χ1) is 11.3. The van der Waals surface area contributed by atoms with Gasteiger partial charge in [0.25, 0.3) is 0 Å². The number of nitrogens with zero attached hydrogens (tertiary/aromatic N) is 1. The lowest BCUT2D eigenvalue weighted by molar-refractivity contribution is 0.0924. The third-order valence-electron chi connectivity index (χ3n) is 4.40. The second-order valence-corrected chi connectivity index (χ2v) is 5.89. The SMILES string of the molecule is CC(CC(=O)n1c2ccccc2c2ccccc21)=C1C=CC=C1. The largest absolute Gasteiger partial charge is 0.280 e. The predicted molar refractivity (Wildman–Crippen MR) is 95.7 cm³/mol. The summed E-state index contributed by atoms with van der Waals surface area (Å²) in [6.45, 7) is 2.03. The summed E-state index contributed by atoms with van der Waals surface area (Å²) in [6.07, 6.45) is 8.53. The van der Waals surface area contributed by atoms with Crippen LogP contribution >= 0.6 is 0 Å². The van der Waals surface area contributed by atoms with E-state index in [1.807, 2.05) is 60.0 Å². The summed E-state index contributed by atoms with van der Waals surface area (Å²) in [4.78, 5) is 13.0. The molecule has 0 saturated carbocycles. The van der Waals surface area contributed by atoms with Gasteiger partial charge >= 0.3 is 0 Å². The molecule has 2 heteroatoms. The van der Waals surface area contributed by atoms with Gasteiger partial charge in [-0.1, -0.05) is 66.3 Å². The van der Waals surface area contributed by atoms with Crippen LogP contribution in [0.1, 0.15) is 18.1 Å². The maximum absolute atomic E-state index is 13.0. The summed E-state index contributed by atoms with van der Waals surface area (Å²) in [6, 6.07) is 16.2. The van der Waals surface area contributed by atoms with Gasteiger partial charge in [0.15, 0.2) is 0 Å². The quantitative estimate of drug-likeness (QED) is 0.632. The molecule has 0 amide bonds. The van der Waals surface area contributed by atoms with Crippen molar-refractivity contribution >= 4 is 27.7 Å². The summed E-state index contributed by atoms with van der Waals surface area (Å²) in [5.74, 6) is 0.112. The van der Waals surface area contributed by atoms with Crippen LogP contribution in [-0.2, 0) is 0 Å². The molecular weight excluding hydrogens is 282 g/mol. The van der Waals surface area contributed by atoms with Crippen molar-refractivity contribution in [2.45, 2.75) is 13.3 Å². The number of carbonyl (C=O) groups excluding carboxylic acids is 1. The zero-order valence-corrected chi connectivity index (χ0v) is 13.0. The van der Waals surface area contributed by atoms with E-state index < -0.39 is 0 Å². The Morgan fingerprint density at radius 2 is 1.39 bits per heavy atom. The molecular formula is C21H17NO. The molecule has 0 atom stereocenters. The highest BCUT2D eigenvalue weighted by Crippen LogP contribution is 2.29. The van der Waals surface area contributed by atoms with Gasteiger partial charge in [-0.05, 0) is 24.6 Å². The van der Waals surface area contributed by atoms with Crippen molar-refractivity contribution in [3.8, 4) is 0 Å². The second-order valence-electron chi connectivity index (χ2n) is 5.89. The molecule has 0 N–H and O–H groups in total. The molecule has 1 aliphatic rings. The fourth-order valence-corrected chi connectivity index (χ4v) is 3.26. The molecule has 1 heterocycles. The van der Waals surface area contributed by atoms with Crippen LogP contribution in [0.5, 0.6) is 0 Å². The number of carbonyl (C=O) groups is 1. The van der Waals surface area contributed by atoms with Crippen LogP contribution in [0.3, 0.4) is 0 Å². The van der Waals surface area contributed by atoms with Crippen LogP contribution in [0, 0.1) is 0 Å². The first kappa shape index (κ1) is 13.8. The summed E-state index contributed by atoms with van der Waals surface area (Å²) in [5.41, 5.74) is 4.20. The zero-order valence-electron chi connectivity index (χ0n) is 13.0. The molecule has 112 valence electrons. The predicted octanol–water partition coefficient (Wildman–Crippen LogP) is 5.27. The standard InChI is InChI=1S/C21H17NO/c1-15(16-8-2-3-9-16)14-21(23)22-19-12-6-4-10-17(19)18-11-5-7-13-20(18)22/h2-13H,14H2,1H3. The fraction of sp³-hybridized carbons (Fsp3) is 0.0952. The first-order valence-electron chi connectivity index (χ1n) is 7.81. The minimum Gasteiger partial charge on any atom is -0.280 e. The highest BCUT2D eigenvalue weighted by Gasteiger charge is 2.16. The molecule has 23 heavy (non-hydrogen) atoms. The van der Waals surface area contributed by atoms with Gasteiger partial charge in [0.05, 0.1) is 11.0 Å². The number of rotatable bonds is 2. The Labute approximate surface area is 135 Å². The lowest BCUT2D eigenvalue weighted by Crippen LogP contribution is -2.10. The number of allylic oxidation sites excluding steroid dienone is 6. The lowest BCUT2D eigenvalue weighted by Gasteiger charge is -2.08. The molecule has 0 unspecified atom stereocenters. The fourth-order valence-electron chi connectivity index (χ4n) is 3.26. The van der Waals surface area contributed by atoms with Gasteiger partial charge in [-0.3, -0.25) is 9.36 Å². The van der Waals surface area contributed by atoms with E-state index >= 15 is 0 Å². The van der Waals surface area contributed by atoms with Crippen LogP contribution in [0.4, 0.5) is 0 Å². The smallest absolute Gasteiger partial charge is 0.235 e. The first-order valence-corrected chi connectivity index (χ1v) is 7.81. The second kappa shape index (κ2) is 5.40. The molecule has 0 bridgehead atoms. The Bertz CT molecular complexity index is 947. The van der Waals surface area contributed by atoms with Crippen molar-refractivity contribution in [2.75, 3.05) is 0 Å². The minimum atomic E-state index is 0.112. The number of aromatic nitrogens is 1. The van der Waals surface area contributed by atoms with Crippen molar-refractivity contribution in [3.63, 3.8) is 0 Å². The van der Waals surface area contributed by atoms with E-state index in [-0.39, 0.29) is 5.91 Å². The summed E-state index contributed by atoms with van der Waals surface area (Å²) < 4.78 is 1.86. The van der Waals surface area contributed by atoms with E-state index in [9.17, 15) is 4.79 Å². The van der Waals surface area contributed by atoms with Crippen molar-refractivity contribution in [3.05, 3.63) is 84.0 Å². The molecule has 0 fully saturated rings. The Morgan fingerprint density at radius 1 is 0.870 bits per heavy atom. The summed E-state index contributed by atoms with van der Waals surface area (Å²) in [7, 11) is 0. The Hall–Kier alpha value is -2.87. The van der Waals surface area contributed by atoms with Gasteiger partial charge in [-0.25, -0.2) is 0 Å². The van der Waals surface area contributed by atoms with Gasteiger partial charge in [-0.15, -0.1) is 0 Å². The number of fused-ring (bicyclic) bond motifs is 3. The molecule has 2 aromatic carbocycles. The third kappa shape index (κ3) is 2.23. The molecule has 0 aliphatic heterocycles. The highest BCUT2D eigenvalue weighted by molar-refractivity contribution is 6.13. The number of para-hydroxylation sites is 2. The van der Waals surface area contributed by atoms with Gasteiger partial charge in [0.1, 0.15) is 0 Å². The van der Waals surface area contributed by atoms with E-state index in [1.165, 1.54) is 0 Å². The average molecular weight is 299 g/mol. The molecule has 1 aromatic heterocycles. The number of hydrogen-bond donors (Lipinski definition) is 0. The molecule has 0 radical (unpaired) electrons. The maximum atomic E-state index is 13.0. The molecule has 1 aliphatic carbocycles. The highest BCUT2D eigenvalue weighted by atomic mass is 16.2. The van der Waals surface area contributed by atoms with Crippen LogP contribution in [0.2, 0.25) is 0 Å². The molecule has 4 rings (SSSR count). The van der Waals surface area contributed by atoms with Crippen molar-refractivity contribution < 1.29 is 4.79 Å². The van der Waals surface area contributed by atoms with Crippen molar-refractivity contribution in [2.24, 2.45) is 0 Å².